The number of ether oxygens (including phenoxy) is 2. The Balaban J connectivity index is 2.53. The van der Waals surface area contributed by atoms with Crippen LogP contribution < -0.4 is 5.32 Å². The molecule has 0 bridgehead atoms. The van der Waals surface area contributed by atoms with Gasteiger partial charge in [0.15, 0.2) is 0 Å². The summed E-state index contributed by atoms with van der Waals surface area (Å²) in [5.74, 6) is -1.57. The Kier molecular flexibility index (Phi) is 5.56. The summed E-state index contributed by atoms with van der Waals surface area (Å²) in [6.45, 7) is 4.12. The summed E-state index contributed by atoms with van der Waals surface area (Å²) >= 11 is 0. The molecule has 0 spiro atoms. The molecule has 2 amide bonds. The first-order valence-electron chi connectivity index (χ1n) is 6.24. The second-order valence-corrected chi connectivity index (χ2v) is 4.82. The lowest BCUT2D eigenvalue weighted by Gasteiger charge is -2.22. The molecule has 0 radical (unpaired) electrons. The van der Waals surface area contributed by atoms with Crippen LogP contribution in [0.1, 0.15) is 13.8 Å². The van der Waals surface area contributed by atoms with Gasteiger partial charge in [0.2, 0.25) is 0 Å². The number of likely N-dealkylation sites (tertiary alicyclic amines) is 1. The number of hydrogen-bond acceptors (Lipinski definition) is 4. The number of nitrogens with one attached hydrogen (secondary N) is 1. The number of carbonyl (C=O) groups excluding carboxylic acids is 1. The molecular formula is C12H22N2O5. The Morgan fingerprint density at radius 1 is 1.21 bits per heavy atom. The minimum atomic E-state index is -0.932. The van der Waals surface area contributed by atoms with Gasteiger partial charge in [-0.3, -0.25) is 4.79 Å². The number of amides is 2. The molecule has 7 heteroatoms. The summed E-state index contributed by atoms with van der Waals surface area (Å²) in [5.41, 5.74) is 0. The fourth-order valence-corrected chi connectivity index (χ4v) is 1.99. The van der Waals surface area contributed by atoms with Crippen LogP contribution in [0.25, 0.3) is 0 Å². The number of rotatable bonds is 5. The van der Waals surface area contributed by atoms with E-state index in [1.165, 1.54) is 0 Å². The van der Waals surface area contributed by atoms with Crippen LogP contribution >= 0.6 is 0 Å². The highest BCUT2D eigenvalue weighted by Gasteiger charge is 2.36. The average molecular weight is 274 g/mol. The van der Waals surface area contributed by atoms with Gasteiger partial charge in [-0.25, -0.2) is 4.79 Å². The molecule has 0 saturated carbocycles. The molecule has 1 aliphatic rings. The molecular weight excluding hydrogens is 252 g/mol. The third-order valence-electron chi connectivity index (χ3n) is 3.60. The normalized spacial score (nSPS) is 26.0. The van der Waals surface area contributed by atoms with Crippen molar-refractivity contribution in [2.45, 2.75) is 32.1 Å². The Morgan fingerprint density at radius 3 is 2.05 bits per heavy atom. The van der Waals surface area contributed by atoms with Crippen molar-refractivity contribution < 1.29 is 24.2 Å². The number of carboxylic acid groups (broad SMARTS) is 1. The highest BCUT2D eigenvalue weighted by molar-refractivity contribution is 5.77. The van der Waals surface area contributed by atoms with Gasteiger partial charge in [-0.2, -0.15) is 0 Å². The summed E-state index contributed by atoms with van der Waals surface area (Å²) < 4.78 is 10.5. The summed E-state index contributed by atoms with van der Waals surface area (Å²) in [5, 5.41) is 11.6. The molecule has 0 aromatic heterocycles. The van der Waals surface area contributed by atoms with Gasteiger partial charge in [-0.1, -0.05) is 0 Å². The maximum Gasteiger partial charge on any atom is 0.317 e. The van der Waals surface area contributed by atoms with Crippen LogP contribution in [0, 0.1) is 5.92 Å². The Labute approximate surface area is 112 Å². The zero-order chi connectivity index (χ0) is 14.6. The fourth-order valence-electron chi connectivity index (χ4n) is 1.99. The molecule has 4 atom stereocenters. The largest absolute Gasteiger partial charge is 0.481 e. The van der Waals surface area contributed by atoms with Crippen LogP contribution in [-0.4, -0.2) is 67.6 Å². The summed E-state index contributed by atoms with van der Waals surface area (Å²) in [6.07, 6.45) is -0.300. The molecule has 7 nitrogen and oxygen atoms in total. The van der Waals surface area contributed by atoms with Crippen molar-refractivity contribution in [1.82, 2.24) is 10.2 Å². The minimum absolute atomic E-state index is 0.150. The molecule has 19 heavy (non-hydrogen) atoms. The summed E-state index contributed by atoms with van der Waals surface area (Å²) in [7, 11) is 3.15. The van der Waals surface area contributed by atoms with E-state index in [1.807, 2.05) is 0 Å². The lowest BCUT2D eigenvalue weighted by Crippen LogP contribution is -2.47. The van der Waals surface area contributed by atoms with E-state index >= 15 is 0 Å². The molecule has 0 aliphatic carbocycles. The second kappa shape index (κ2) is 6.72. The molecule has 1 saturated heterocycles. The molecule has 110 valence electrons. The van der Waals surface area contributed by atoms with Crippen molar-refractivity contribution in [2.24, 2.45) is 5.92 Å². The average Bonchev–Trinajstić information content (AvgIpc) is 2.80. The van der Waals surface area contributed by atoms with Crippen molar-refractivity contribution in [2.75, 3.05) is 27.3 Å². The highest BCUT2D eigenvalue weighted by Crippen LogP contribution is 2.16. The number of nitrogens with zero attached hydrogens (tertiary/aromatic N) is 1. The smallest absolute Gasteiger partial charge is 0.317 e. The van der Waals surface area contributed by atoms with Crippen molar-refractivity contribution >= 4 is 12.0 Å². The number of carbonyl (C=O) groups is 2. The zero-order valence-corrected chi connectivity index (χ0v) is 11.8. The standard InChI is InChI=1S/C12H22N2O5/c1-7(11(15)16)8(2)13-12(17)14-5-9(18-3)10(6-14)19-4/h7-10H,5-6H2,1-4H3,(H,13,17)(H,15,16). The van der Waals surface area contributed by atoms with Gasteiger partial charge in [0.1, 0.15) is 12.2 Å². The van der Waals surface area contributed by atoms with Gasteiger partial charge in [0.25, 0.3) is 0 Å². The molecule has 1 aliphatic heterocycles. The highest BCUT2D eigenvalue weighted by atomic mass is 16.5. The third kappa shape index (κ3) is 3.81. The van der Waals surface area contributed by atoms with Crippen LogP contribution in [0.3, 0.4) is 0 Å². The van der Waals surface area contributed by atoms with E-state index in [-0.39, 0.29) is 18.2 Å². The number of aliphatic carboxylic acids is 1. The number of methoxy groups -OCH3 is 2. The van der Waals surface area contributed by atoms with Gasteiger partial charge in [-0.05, 0) is 13.8 Å². The predicted octanol–water partition coefficient (Wildman–Crippen LogP) is 0.151. The van der Waals surface area contributed by atoms with E-state index in [9.17, 15) is 9.59 Å². The van der Waals surface area contributed by atoms with Gasteiger partial charge >= 0.3 is 12.0 Å². The Hall–Kier alpha value is -1.34. The quantitative estimate of drug-likeness (QED) is 0.745. The van der Waals surface area contributed by atoms with Gasteiger partial charge in [0.05, 0.1) is 19.0 Å². The summed E-state index contributed by atoms with van der Waals surface area (Å²) in [6, 6.07) is -0.727. The molecule has 1 heterocycles. The zero-order valence-electron chi connectivity index (χ0n) is 11.8. The van der Waals surface area contributed by atoms with Crippen LogP contribution in [0.15, 0.2) is 0 Å². The Morgan fingerprint density at radius 2 is 1.68 bits per heavy atom. The topological polar surface area (TPSA) is 88.1 Å². The van der Waals surface area contributed by atoms with E-state index in [2.05, 4.69) is 5.32 Å². The Bertz CT molecular complexity index is 324. The fraction of sp³-hybridized carbons (Fsp3) is 0.833. The van der Waals surface area contributed by atoms with E-state index < -0.39 is 17.9 Å². The third-order valence-corrected chi connectivity index (χ3v) is 3.60. The van der Waals surface area contributed by atoms with E-state index in [4.69, 9.17) is 14.6 Å². The number of carboxylic acids is 1. The number of urea groups is 1. The lowest BCUT2D eigenvalue weighted by atomic mass is 10.0. The van der Waals surface area contributed by atoms with E-state index in [1.54, 1.807) is 33.0 Å². The van der Waals surface area contributed by atoms with Crippen LogP contribution in [0.2, 0.25) is 0 Å². The first-order valence-corrected chi connectivity index (χ1v) is 6.24. The van der Waals surface area contributed by atoms with E-state index in [0.29, 0.717) is 13.1 Å². The monoisotopic (exact) mass is 274 g/mol. The SMILES string of the molecule is COC1CN(C(=O)NC(C)C(C)C(=O)O)CC1OC. The van der Waals surface area contributed by atoms with Gasteiger partial charge in [0, 0.05) is 20.3 Å². The molecule has 4 unspecified atom stereocenters. The molecule has 1 rings (SSSR count). The minimum Gasteiger partial charge on any atom is -0.481 e. The molecule has 0 aromatic rings. The number of hydrogen-bond donors (Lipinski definition) is 2. The second-order valence-electron chi connectivity index (χ2n) is 4.82. The lowest BCUT2D eigenvalue weighted by molar-refractivity contribution is -0.141. The van der Waals surface area contributed by atoms with Crippen molar-refractivity contribution in [1.29, 1.82) is 0 Å². The van der Waals surface area contributed by atoms with Gasteiger partial charge < -0.3 is 24.8 Å². The first kappa shape index (κ1) is 15.7. The van der Waals surface area contributed by atoms with Crippen LogP contribution in [0.4, 0.5) is 4.79 Å². The summed E-state index contributed by atoms with van der Waals surface area (Å²) in [4.78, 5) is 24.4. The molecule has 2 N–H and O–H groups in total. The van der Waals surface area contributed by atoms with Crippen molar-refractivity contribution in [3.63, 3.8) is 0 Å². The molecule has 0 aromatic carbocycles. The molecule has 1 fully saturated rings. The first-order chi connectivity index (χ1) is 8.90. The van der Waals surface area contributed by atoms with Crippen LogP contribution in [0.5, 0.6) is 0 Å². The van der Waals surface area contributed by atoms with Crippen LogP contribution in [-0.2, 0) is 14.3 Å². The van der Waals surface area contributed by atoms with Crippen molar-refractivity contribution in [3.8, 4) is 0 Å². The predicted molar refractivity (Wildman–Crippen MR) is 68.0 cm³/mol. The van der Waals surface area contributed by atoms with Crippen molar-refractivity contribution in [3.05, 3.63) is 0 Å². The maximum absolute atomic E-state index is 12.0. The van der Waals surface area contributed by atoms with Gasteiger partial charge in [-0.15, -0.1) is 0 Å². The van der Waals surface area contributed by atoms with E-state index in [0.717, 1.165) is 0 Å². The maximum atomic E-state index is 12.0.